The fraction of sp³-hybridized carbons (Fsp3) is 0.414. The van der Waals surface area contributed by atoms with Crippen LogP contribution in [-0.4, -0.2) is 62.9 Å². The molecule has 5 atom stereocenters. The van der Waals surface area contributed by atoms with Gasteiger partial charge in [0.15, 0.2) is 18.3 Å². The van der Waals surface area contributed by atoms with E-state index in [-0.39, 0.29) is 23.8 Å². The Bertz CT molecular complexity index is 1530. The van der Waals surface area contributed by atoms with Gasteiger partial charge >= 0.3 is 33.5 Å². The molecular weight excluding hydrogens is 649 g/mol. The molecule has 1 aliphatic rings. The molecule has 1 fully saturated rings. The number of halogens is 4. The monoisotopic (exact) mass is 678 g/mol. The maximum Gasteiger partial charge on any atom is 0.534 e. The number of hydrogen-bond donors (Lipinski definition) is 0. The van der Waals surface area contributed by atoms with E-state index < -0.39 is 69.8 Å². The summed E-state index contributed by atoms with van der Waals surface area (Å²) >= 11 is 6.45. The number of ether oxygens (including phenoxy) is 5. The van der Waals surface area contributed by atoms with E-state index in [9.17, 15) is 36.0 Å². The van der Waals surface area contributed by atoms with Crippen molar-refractivity contribution >= 4 is 39.6 Å². The van der Waals surface area contributed by atoms with Gasteiger partial charge in [-0.3, -0.25) is 14.4 Å². The van der Waals surface area contributed by atoms with E-state index in [1.807, 2.05) is 0 Å². The molecule has 0 spiro atoms. The average Bonchev–Trinajstić information content (AvgIpc) is 2.90. The second-order valence-electron chi connectivity index (χ2n) is 9.99. The van der Waals surface area contributed by atoms with Gasteiger partial charge in [-0.25, -0.2) is 0 Å². The van der Waals surface area contributed by atoms with Crippen molar-refractivity contribution in [3.05, 3.63) is 76.5 Å². The molecule has 0 aliphatic carbocycles. The van der Waals surface area contributed by atoms with E-state index in [0.29, 0.717) is 16.7 Å². The minimum absolute atomic E-state index is 0.121. The van der Waals surface area contributed by atoms with E-state index in [1.165, 1.54) is 25.1 Å². The van der Waals surface area contributed by atoms with E-state index in [1.54, 1.807) is 19.1 Å². The largest absolute Gasteiger partial charge is 0.534 e. The zero-order chi connectivity index (χ0) is 33.7. The fourth-order valence-electron chi connectivity index (χ4n) is 4.50. The van der Waals surface area contributed by atoms with E-state index >= 15 is 0 Å². The van der Waals surface area contributed by atoms with Crippen LogP contribution in [0.4, 0.5) is 13.2 Å². The zero-order valence-corrected chi connectivity index (χ0v) is 26.0. The average molecular weight is 679 g/mol. The number of allylic oxidation sites excluding steroid dienone is 1. The van der Waals surface area contributed by atoms with Crippen LogP contribution in [0.3, 0.4) is 0 Å². The first-order valence-corrected chi connectivity index (χ1v) is 15.0. The van der Waals surface area contributed by atoms with Crippen molar-refractivity contribution < 1.29 is 63.8 Å². The number of carbonyl (C=O) groups excluding carboxylic acids is 3. The summed E-state index contributed by atoms with van der Waals surface area (Å²) in [7, 11) is -5.84. The van der Waals surface area contributed by atoms with Crippen molar-refractivity contribution in [2.24, 2.45) is 0 Å². The first kappa shape index (κ1) is 35.7. The molecule has 1 heterocycles. The highest BCUT2D eigenvalue weighted by Gasteiger charge is 2.52. The highest BCUT2D eigenvalue weighted by molar-refractivity contribution is 7.88. The molecule has 3 rings (SSSR count). The number of carbonyl (C=O) groups is 3. The molecule has 0 radical (unpaired) electrons. The number of alkyl halides is 3. The van der Waals surface area contributed by atoms with Gasteiger partial charge in [0.1, 0.15) is 24.6 Å². The summed E-state index contributed by atoms with van der Waals surface area (Å²) in [4.78, 5) is 36.0. The molecule has 2 aromatic carbocycles. The number of esters is 3. The first-order valence-electron chi connectivity index (χ1n) is 13.2. The van der Waals surface area contributed by atoms with E-state index in [2.05, 4.69) is 10.8 Å². The molecule has 0 N–H and O–H groups in total. The number of hydrogen-bond acceptors (Lipinski definition) is 11. The van der Waals surface area contributed by atoms with Gasteiger partial charge in [0, 0.05) is 25.8 Å². The minimum atomic E-state index is -5.84. The molecular formula is C29H30ClF3O11S. The van der Waals surface area contributed by atoms with Crippen LogP contribution < -0.4 is 4.18 Å². The molecule has 2 aromatic rings. The van der Waals surface area contributed by atoms with Crippen LogP contribution >= 0.6 is 11.6 Å². The molecule has 1 saturated heterocycles. The van der Waals surface area contributed by atoms with Crippen molar-refractivity contribution in [1.29, 1.82) is 0 Å². The van der Waals surface area contributed by atoms with Crippen molar-refractivity contribution in [3.63, 3.8) is 0 Å². The van der Waals surface area contributed by atoms with Crippen LogP contribution in [0.15, 0.2) is 54.8 Å². The minimum Gasteiger partial charge on any atom is -0.489 e. The maximum absolute atomic E-state index is 12.7. The zero-order valence-electron chi connectivity index (χ0n) is 24.5. The predicted octanol–water partition coefficient (Wildman–Crippen LogP) is 4.94. The van der Waals surface area contributed by atoms with Gasteiger partial charge in [-0.05, 0) is 48.2 Å². The lowest BCUT2D eigenvalue weighted by atomic mass is 9.89. The highest BCUT2D eigenvalue weighted by atomic mass is 35.5. The van der Waals surface area contributed by atoms with Crippen molar-refractivity contribution in [1.82, 2.24) is 0 Å². The third kappa shape index (κ3) is 9.58. The van der Waals surface area contributed by atoms with Crippen molar-refractivity contribution in [2.45, 2.75) is 70.1 Å². The van der Waals surface area contributed by atoms with Gasteiger partial charge in [-0.15, -0.1) is 0 Å². The Morgan fingerprint density at radius 1 is 0.889 bits per heavy atom. The van der Waals surface area contributed by atoms with Gasteiger partial charge in [-0.2, -0.15) is 21.6 Å². The Morgan fingerprint density at radius 3 is 2.02 bits per heavy atom. The highest BCUT2D eigenvalue weighted by Crippen LogP contribution is 2.39. The predicted molar refractivity (Wildman–Crippen MR) is 151 cm³/mol. The van der Waals surface area contributed by atoms with Gasteiger partial charge in [0.25, 0.3) is 0 Å². The summed E-state index contributed by atoms with van der Waals surface area (Å²) in [5.41, 5.74) is -4.16. The van der Waals surface area contributed by atoms with Gasteiger partial charge in [-0.1, -0.05) is 42.4 Å². The summed E-state index contributed by atoms with van der Waals surface area (Å²) < 4.78 is 93.1. The van der Waals surface area contributed by atoms with Gasteiger partial charge in [0.05, 0.1) is 5.76 Å². The Hall–Kier alpha value is -3.82. The third-order valence-corrected chi connectivity index (χ3v) is 7.58. The summed E-state index contributed by atoms with van der Waals surface area (Å²) in [6, 6.07) is 9.56. The molecule has 16 heteroatoms. The van der Waals surface area contributed by atoms with Crippen LogP contribution in [0.1, 0.15) is 50.5 Å². The lowest BCUT2D eigenvalue weighted by Gasteiger charge is -2.45. The molecule has 246 valence electrons. The number of benzene rings is 2. The van der Waals surface area contributed by atoms with Gasteiger partial charge in [0.2, 0.25) is 0 Å². The van der Waals surface area contributed by atoms with Crippen LogP contribution in [0.25, 0.3) is 0 Å². The Balaban J connectivity index is 1.99. The summed E-state index contributed by atoms with van der Waals surface area (Å²) in [5, 5.41) is 0.287. The molecule has 0 saturated carbocycles. The molecule has 1 unspecified atom stereocenters. The SMILES string of the molecule is C=C(C)O[C@H]1[C@H](OC(C)=O)[C@@H](OC(C)=O)C(c2ccc(Cl)c(Cc3ccc(OS(=O)(=O)C(F)(F)F)cc3)c2)O[C@@H]1COC(C)=O. The third-order valence-electron chi connectivity index (χ3n) is 6.23. The van der Waals surface area contributed by atoms with Crippen LogP contribution in [-0.2, 0) is 54.6 Å². The lowest BCUT2D eigenvalue weighted by Crippen LogP contribution is -2.59. The molecule has 0 bridgehead atoms. The lowest BCUT2D eigenvalue weighted by molar-refractivity contribution is -0.252. The second kappa shape index (κ2) is 14.5. The molecule has 1 aliphatic heterocycles. The quantitative estimate of drug-likeness (QED) is 0.105. The first-order chi connectivity index (χ1) is 20.9. The van der Waals surface area contributed by atoms with Crippen LogP contribution in [0.2, 0.25) is 5.02 Å². The molecule has 45 heavy (non-hydrogen) atoms. The summed E-state index contributed by atoms with van der Waals surface area (Å²) in [6.45, 7) is 8.45. The Labute approximate surface area is 262 Å². The normalized spacial score (nSPS) is 21.7. The van der Waals surface area contributed by atoms with E-state index in [0.717, 1.165) is 26.0 Å². The van der Waals surface area contributed by atoms with Gasteiger partial charge < -0.3 is 27.9 Å². The van der Waals surface area contributed by atoms with Crippen molar-refractivity contribution in [3.8, 4) is 5.75 Å². The fourth-order valence-corrected chi connectivity index (χ4v) is 5.14. The molecule has 0 amide bonds. The smallest absolute Gasteiger partial charge is 0.489 e. The Kier molecular flexibility index (Phi) is 11.5. The Morgan fingerprint density at radius 2 is 1.49 bits per heavy atom. The second-order valence-corrected chi connectivity index (χ2v) is 11.9. The molecule has 11 nitrogen and oxygen atoms in total. The molecule has 0 aromatic heterocycles. The van der Waals surface area contributed by atoms with Crippen molar-refractivity contribution in [2.75, 3.05) is 6.61 Å². The summed E-state index contributed by atoms with van der Waals surface area (Å²) in [5.74, 6) is -2.38. The standard InChI is InChI=1S/C29H30ClF3O11S/c1-15(2)40-26-24(14-39-16(3)34)43-25(27(41-17(4)35)28(26)42-18(5)36)20-8-11-23(30)21(13-20)12-19-6-9-22(10-7-19)44-45(37,38)29(31,32)33/h6-11,13,24-28H,1,12,14H2,2-5H3/t24-,25?,26-,27+,28+/m1/s1. The van der Waals surface area contributed by atoms with E-state index in [4.69, 9.17) is 35.3 Å². The summed E-state index contributed by atoms with van der Waals surface area (Å²) in [6.07, 6.45) is -5.57. The topological polar surface area (TPSA) is 141 Å². The number of rotatable bonds is 11. The maximum atomic E-state index is 12.7. The van der Waals surface area contributed by atoms with Crippen LogP contribution in [0.5, 0.6) is 5.75 Å². The van der Waals surface area contributed by atoms with Crippen LogP contribution in [0, 0.1) is 0 Å².